The molecular weight excluding hydrogens is 156 g/mol. The van der Waals surface area contributed by atoms with Crippen LogP contribution in [0.4, 0.5) is 0 Å². The molecule has 0 radical (unpaired) electrons. The Morgan fingerprint density at radius 2 is 1.75 bits per heavy atom. The van der Waals surface area contributed by atoms with Crippen molar-refractivity contribution in [2.24, 2.45) is 11.8 Å². The first-order valence-electron chi connectivity index (χ1n) is 4.20. The Kier molecular flexibility index (Phi) is 4.55. The smallest absolute Gasteiger partial charge is 0.306 e. The number of carboxylic acid groups (broad SMARTS) is 1. The zero-order valence-electron chi connectivity index (χ0n) is 7.83. The van der Waals surface area contributed by atoms with Crippen molar-refractivity contribution in [1.29, 1.82) is 0 Å². The molecule has 1 atom stereocenters. The second kappa shape index (κ2) is 4.91. The first-order valence-corrected chi connectivity index (χ1v) is 4.20. The summed E-state index contributed by atoms with van der Waals surface area (Å²) in [5, 5.41) is 8.52. The van der Waals surface area contributed by atoms with Gasteiger partial charge in [-0.2, -0.15) is 0 Å². The van der Waals surface area contributed by atoms with Crippen LogP contribution < -0.4 is 0 Å². The molecule has 0 aliphatic rings. The summed E-state index contributed by atoms with van der Waals surface area (Å²) in [6.45, 7) is 5.28. The average molecular weight is 172 g/mol. The summed E-state index contributed by atoms with van der Waals surface area (Å²) in [4.78, 5) is 21.4. The fourth-order valence-corrected chi connectivity index (χ4v) is 0.771. The summed E-state index contributed by atoms with van der Waals surface area (Å²) in [6.07, 6.45) is 0.831. The molecule has 0 rings (SSSR count). The largest absolute Gasteiger partial charge is 0.481 e. The number of rotatable bonds is 5. The number of ketones is 1. The van der Waals surface area contributed by atoms with Crippen LogP contribution in [-0.2, 0) is 9.59 Å². The molecule has 0 bridgehead atoms. The van der Waals surface area contributed by atoms with Crippen LogP contribution in [0.3, 0.4) is 0 Å². The molecule has 0 amide bonds. The number of carboxylic acids is 1. The van der Waals surface area contributed by atoms with Gasteiger partial charge in [0.1, 0.15) is 5.78 Å². The molecule has 0 heterocycles. The van der Waals surface area contributed by atoms with E-state index in [1.54, 1.807) is 6.92 Å². The van der Waals surface area contributed by atoms with Crippen LogP contribution in [0.2, 0.25) is 0 Å². The topological polar surface area (TPSA) is 54.4 Å². The van der Waals surface area contributed by atoms with Crippen molar-refractivity contribution < 1.29 is 14.7 Å². The van der Waals surface area contributed by atoms with E-state index in [9.17, 15) is 9.59 Å². The molecule has 0 aromatic heterocycles. The number of hydrogen-bond acceptors (Lipinski definition) is 2. The minimum Gasteiger partial charge on any atom is -0.481 e. The second-order valence-electron chi connectivity index (χ2n) is 3.40. The van der Waals surface area contributed by atoms with E-state index in [0.29, 0.717) is 12.8 Å². The van der Waals surface area contributed by atoms with E-state index in [-0.39, 0.29) is 11.7 Å². The maximum atomic E-state index is 11.1. The third kappa shape index (κ3) is 4.11. The van der Waals surface area contributed by atoms with E-state index in [4.69, 9.17) is 5.11 Å². The Hall–Kier alpha value is -0.860. The number of Topliss-reactive ketones (excluding diaryl/α,β-unsaturated/α-hetero) is 1. The predicted octanol–water partition coefficient (Wildman–Crippen LogP) is 1.71. The molecule has 0 aliphatic carbocycles. The minimum absolute atomic E-state index is 0.0194. The average Bonchev–Trinajstić information content (AvgIpc) is 1.98. The molecule has 0 aliphatic heterocycles. The molecule has 0 saturated heterocycles. The van der Waals surface area contributed by atoms with E-state index in [0.717, 1.165) is 0 Å². The van der Waals surface area contributed by atoms with Crippen LogP contribution in [0.25, 0.3) is 0 Å². The highest BCUT2D eigenvalue weighted by Crippen LogP contribution is 2.09. The Bertz CT molecular complexity index is 173. The van der Waals surface area contributed by atoms with Crippen molar-refractivity contribution in [1.82, 2.24) is 0 Å². The third-order valence-electron chi connectivity index (χ3n) is 1.89. The van der Waals surface area contributed by atoms with Crippen LogP contribution in [-0.4, -0.2) is 16.9 Å². The monoisotopic (exact) mass is 172 g/mol. The van der Waals surface area contributed by atoms with Gasteiger partial charge in [-0.25, -0.2) is 0 Å². The number of carbonyl (C=O) groups excluding carboxylic acids is 1. The number of aliphatic carboxylic acids is 1. The van der Waals surface area contributed by atoms with Crippen molar-refractivity contribution in [2.75, 3.05) is 0 Å². The van der Waals surface area contributed by atoms with Crippen molar-refractivity contribution in [3.05, 3.63) is 0 Å². The van der Waals surface area contributed by atoms with Gasteiger partial charge in [-0.3, -0.25) is 9.59 Å². The van der Waals surface area contributed by atoms with Gasteiger partial charge in [0.05, 0.1) is 5.92 Å². The molecule has 3 nitrogen and oxygen atoms in total. The van der Waals surface area contributed by atoms with Gasteiger partial charge in [0.2, 0.25) is 0 Å². The predicted molar refractivity (Wildman–Crippen MR) is 45.9 cm³/mol. The third-order valence-corrected chi connectivity index (χ3v) is 1.89. The lowest BCUT2D eigenvalue weighted by molar-refractivity contribution is -0.141. The van der Waals surface area contributed by atoms with Gasteiger partial charge in [0.15, 0.2) is 0 Å². The second-order valence-corrected chi connectivity index (χ2v) is 3.40. The van der Waals surface area contributed by atoms with Gasteiger partial charge in [0, 0.05) is 12.3 Å². The highest BCUT2D eigenvalue weighted by Gasteiger charge is 2.14. The zero-order valence-corrected chi connectivity index (χ0v) is 7.83. The van der Waals surface area contributed by atoms with Crippen molar-refractivity contribution in [3.63, 3.8) is 0 Å². The molecule has 0 fully saturated rings. The maximum Gasteiger partial charge on any atom is 0.306 e. The van der Waals surface area contributed by atoms with Crippen molar-refractivity contribution >= 4 is 11.8 Å². The van der Waals surface area contributed by atoms with E-state index in [1.165, 1.54) is 0 Å². The normalized spacial score (nSPS) is 13.0. The molecule has 0 aromatic rings. The molecule has 1 N–H and O–H groups in total. The summed E-state index contributed by atoms with van der Waals surface area (Å²) in [7, 11) is 0. The van der Waals surface area contributed by atoms with Crippen LogP contribution >= 0.6 is 0 Å². The summed E-state index contributed by atoms with van der Waals surface area (Å²) >= 11 is 0. The summed E-state index contributed by atoms with van der Waals surface area (Å²) in [5.41, 5.74) is 0. The first-order chi connectivity index (χ1) is 5.45. The van der Waals surface area contributed by atoms with Gasteiger partial charge in [-0.1, -0.05) is 20.8 Å². The molecular formula is C9H16O3. The lowest BCUT2D eigenvalue weighted by Gasteiger charge is -2.06. The van der Waals surface area contributed by atoms with E-state index >= 15 is 0 Å². The maximum absolute atomic E-state index is 11.1. The Morgan fingerprint density at radius 3 is 2.08 bits per heavy atom. The molecule has 0 aromatic carbocycles. The molecule has 12 heavy (non-hydrogen) atoms. The Balaban J connectivity index is 3.69. The zero-order chi connectivity index (χ0) is 9.72. The lowest BCUT2D eigenvalue weighted by Crippen LogP contribution is -2.13. The van der Waals surface area contributed by atoms with Crippen LogP contribution in [0.5, 0.6) is 0 Å². The van der Waals surface area contributed by atoms with Crippen LogP contribution in [0.1, 0.15) is 33.6 Å². The Labute approximate surface area is 72.8 Å². The molecule has 0 saturated carbocycles. The SMILES string of the molecule is CC(C)C(=O)CCC(C)C(=O)O. The van der Waals surface area contributed by atoms with Crippen molar-refractivity contribution in [2.45, 2.75) is 33.6 Å². The van der Waals surface area contributed by atoms with Gasteiger partial charge >= 0.3 is 5.97 Å². The van der Waals surface area contributed by atoms with Gasteiger partial charge in [-0.15, -0.1) is 0 Å². The van der Waals surface area contributed by atoms with Gasteiger partial charge in [0.25, 0.3) is 0 Å². The number of hydrogen-bond donors (Lipinski definition) is 1. The summed E-state index contributed by atoms with van der Waals surface area (Å²) < 4.78 is 0. The van der Waals surface area contributed by atoms with Gasteiger partial charge < -0.3 is 5.11 Å². The Morgan fingerprint density at radius 1 is 1.25 bits per heavy atom. The van der Waals surface area contributed by atoms with E-state index in [1.807, 2.05) is 13.8 Å². The molecule has 3 heteroatoms. The standard InChI is InChI=1S/C9H16O3/c1-6(2)8(10)5-4-7(3)9(11)12/h6-7H,4-5H2,1-3H3,(H,11,12). The van der Waals surface area contributed by atoms with Crippen LogP contribution in [0.15, 0.2) is 0 Å². The number of carbonyl (C=O) groups is 2. The van der Waals surface area contributed by atoms with E-state index in [2.05, 4.69) is 0 Å². The van der Waals surface area contributed by atoms with Crippen LogP contribution in [0, 0.1) is 11.8 Å². The fraction of sp³-hybridized carbons (Fsp3) is 0.778. The highest BCUT2D eigenvalue weighted by molar-refractivity contribution is 5.81. The molecule has 1 unspecified atom stereocenters. The quantitative estimate of drug-likeness (QED) is 0.686. The summed E-state index contributed by atoms with van der Waals surface area (Å²) in [5.74, 6) is -1.08. The first kappa shape index (κ1) is 11.1. The van der Waals surface area contributed by atoms with E-state index < -0.39 is 11.9 Å². The molecule has 0 spiro atoms. The summed E-state index contributed by atoms with van der Waals surface area (Å²) in [6, 6.07) is 0. The highest BCUT2D eigenvalue weighted by atomic mass is 16.4. The minimum atomic E-state index is -0.827. The fourth-order valence-electron chi connectivity index (χ4n) is 0.771. The molecule has 70 valence electrons. The lowest BCUT2D eigenvalue weighted by atomic mass is 9.99. The van der Waals surface area contributed by atoms with Crippen molar-refractivity contribution in [3.8, 4) is 0 Å². The van der Waals surface area contributed by atoms with Gasteiger partial charge in [-0.05, 0) is 6.42 Å².